The summed E-state index contributed by atoms with van der Waals surface area (Å²) in [6.45, 7) is 5.48. The quantitative estimate of drug-likeness (QED) is 0.864. The fourth-order valence-corrected chi connectivity index (χ4v) is 3.63. The second-order valence-corrected chi connectivity index (χ2v) is 6.73. The van der Waals surface area contributed by atoms with Crippen molar-refractivity contribution in [3.63, 3.8) is 0 Å². The smallest absolute Gasteiger partial charge is 0.0897 e. The van der Waals surface area contributed by atoms with Crippen LogP contribution in [0.2, 0.25) is 0 Å². The first-order valence-electron chi connectivity index (χ1n) is 7.32. The van der Waals surface area contributed by atoms with E-state index in [1.807, 2.05) is 18.5 Å². The third kappa shape index (κ3) is 3.64. The van der Waals surface area contributed by atoms with Crippen molar-refractivity contribution in [2.75, 3.05) is 13.1 Å². The summed E-state index contributed by atoms with van der Waals surface area (Å²) in [6, 6.07) is 4.23. The van der Waals surface area contributed by atoms with Crippen molar-refractivity contribution in [3.05, 3.63) is 46.2 Å². The molecule has 2 aromatic heterocycles. The van der Waals surface area contributed by atoms with Crippen LogP contribution in [0.1, 0.15) is 29.1 Å². The number of hydrogen-bond donors (Lipinski definition) is 0. The molecule has 0 bridgehead atoms. The van der Waals surface area contributed by atoms with Crippen LogP contribution in [0, 0.1) is 12.8 Å². The molecule has 0 aromatic carbocycles. The Kier molecular flexibility index (Phi) is 4.43. The summed E-state index contributed by atoms with van der Waals surface area (Å²) in [7, 11) is 0. The number of aryl methyl sites for hydroxylation is 1. The maximum atomic E-state index is 4.58. The molecule has 0 saturated carbocycles. The molecule has 0 aliphatic carbocycles. The minimum absolute atomic E-state index is 0.757. The van der Waals surface area contributed by atoms with Crippen LogP contribution in [0.5, 0.6) is 0 Å². The Morgan fingerprint density at radius 2 is 2.40 bits per heavy atom. The van der Waals surface area contributed by atoms with Crippen LogP contribution in [0.15, 0.2) is 29.9 Å². The average molecular weight is 287 g/mol. The van der Waals surface area contributed by atoms with E-state index in [2.05, 4.69) is 33.2 Å². The molecule has 1 saturated heterocycles. The van der Waals surface area contributed by atoms with Gasteiger partial charge in [-0.1, -0.05) is 6.07 Å². The standard InChI is InChI=1S/C16H21N3S/c1-13-18-16(12-20-13)11-19-7-3-5-15(10-19)8-14-4-2-6-17-9-14/h2,4,6,9,12,15H,3,5,7-8,10-11H2,1H3/t15-/m0/s1. The number of rotatable bonds is 4. The van der Waals surface area contributed by atoms with Crippen molar-refractivity contribution in [3.8, 4) is 0 Å². The summed E-state index contributed by atoms with van der Waals surface area (Å²) in [4.78, 5) is 11.4. The number of piperidine rings is 1. The predicted octanol–water partition coefficient (Wildman–Crippen LogP) is 3.30. The summed E-state index contributed by atoms with van der Waals surface area (Å²) >= 11 is 1.75. The lowest BCUT2D eigenvalue weighted by Crippen LogP contribution is -2.35. The Hall–Kier alpha value is -1.26. The fourth-order valence-electron chi connectivity index (χ4n) is 3.02. The monoisotopic (exact) mass is 287 g/mol. The summed E-state index contributed by atoms with van der Waals surface area (Å²) in [5, 5.41) is 3.36. The van der Waals surface area contributed by atoms with E-state index in [0.717, 1.165) is 18.9 Å². The minimum Gasteiger partial charge on any atom is -0.297 e. The number of aromatic nitrogens is 2. The van der Waals surface area contributed by atoms with Crippen molar-refractivity contribution in [1.82, 2.24) is 14.9 Å². The number of hydrogen-bond acceptors (Lipinski definition) is 4. The van der Waals surface area contributed by atoms with Gasteiger partial charge in [0.1, 0.15) is 0 Å². The zero-order chi connectivity index (χ0) is 13.8. The topological polar surface area (TPSA) is 29.0 Å². The van der Waals surface area contributed by atoms with Crippen LogP contribution in [0.3, 0.4) is 0 Å². The molecule has 1 aliphatic heterocycles. The van der Waals surface area contributed by atoms with Crippen molar-refractivity contribution in [1.29, 1.82) is 0 Å². The van der Waals surface area contributed by atoms with Gasteiger partial charge < -0.3 is 0 Å². The van der Waals surface area contributed by atoms with Crippen LogP contribution in [0.25, 0.3) is 0 Å². The van der Waals surface area contributed by atoms with Crippen LogP contribution in [-0.2, 0) is 13.0 Å². The highest BCUT2D eigenvalue weighted by Crippen LogP contribution is 2.22. The van der Waals surface area contributed by atoms with Gasteiger partial charge >= 0.3 is 0 Å². The van der Waals surface area contributed by atoms with Gasteiger partial charge in [-0.2, -0.15) is 0 Å². The van der Waals surface area contributed by atoms with Crippen LogP contribution in [-0.4, -0.2) is 28.0 Å². The van der Waals surface area contributed by atoms with Gasteiger partial charge in [0.2, 0.25) is 0 Å². The first kappa shape index (κ1) is 13.7. The Morgan fingerprint density at radius 1 is 1.45 bits per heavy atom. The molecule has 1 atom stereocenters. The Balaban J connectivity index is 1.56. The second kappa shape index (κ2) is 6.46. The number of nitrogens with zero attached hydrogens (tertiary/aromatic N) is 3. The molecule has 0 spiro atoms. The van der Waals surface area contributed by atoms with Crippen molar-refractivity contribution >= 4 is 11.3 Å². The van der Waals surface area contributed by atoms with Gasteiger partial charge in [-0.3, -0.25) is 9.88 Å². The van der Waals surface area contributed by atoms with Gasteiger partial charge in [0.05, 0.1) is 10.7 Å². The van der Waals surface area contributed by atoms with Crippen molar-refractivity contribution in [2.24, 2.45) is 5.92 Å². The molecule has 0 radical (unpaired) electrons. The number of likely N-dealkylation sites (tertiary alicyclic amines) is 1. The van der Waals surface area contributed by atoms with Gasteiger partial charge in [-0.15, -0.1) is 11.3 Å². The maximum Gasteiger partial charge on any atom is 0.0897 e. The van der Waals surface area contributed by atoms with Crippen molar-refractivity contribution < 1.29 is 0 Å². The normalized spacial score (nSPS) is 20.1. The van der Waals surface area contributed by atoms with Gasteiger partial charge in [-0.25, -0.2) is 4.98 Å². The molecule has 3 rings (SSSR count). The van der Waals surface area contributed by atoms with Gasteiger partial charge in [0.15, 0.2) is 0 Å². The van der Waals surface area contributed by atoms with Gasteiger partial charge in [0.25, 0.3) is 0 Å². The Labute approximate surface area is 124 Å². The molecule has 106 valence electrons. The van der Waals surface area contributed by atoms with E-state index in [0.29, 0.717) is 0 Å². The summed E-state index contributed by atoms with van der Waals surface area (Å²) in [5.74, 6) is 0.757. The predicted molar refractivity (Wildman–Crippen MR) is 82.8 cm³/mol. The SMILES string of the molecule is Cc1nc(CN2CCC[C@@H](Cc3cccnc3)C2)cs1. The molecule has 3 nitrogen and oxygen atoms in total. The zero-order valence-corrected chi connectivity index (χ0v) is 12.8. The molecule has 0 amide bonds. The average Bonchev–Trinajstić information content (AvgIpc) is 2.86. The van der Waals surface area contributed by atoms with Crippen LogP contribution in [0.4, 0.5) is 0 Å². The molecular weight excluding hydrogens is 266 g/mol. The summed E-state index contributed by atoms with van der Waals surface area (Å²) in [5.41, 5.74) is 2.60. The van der Waals surface area contributed by atoms with Gasteiger partial charge in [-0.05, 0) is 50.3 Å². The highest BCUT2D eigenvalue weighted by atomic mass is 32.1. The fraction of sp³-hybridized carbons (Fsp3) is 0.500. The molecule has 0 unspecified atom stereocenters. The largest absolute Gasteiger partial charge is 0.297 e. The second-order valence-electron chi connectivity index (χ2n) is 5.67. The molecule has 20 heavy (non-hydrogen) atoms. The van der Waals surface area contributed by atoms with Gasteiger partial charge in [0, 0.05) is 30.9 Å². The van der Waals surface area contributed by atoms with E-state index in [1.165, 1.54) is 42.2 Å². The molecule has 2 aromatic rings. The highest BCUT2D eigenvalue weighted by molar-refractivity contribution is 7.09. The van der Waals surface area contributed by atoms with E-state index < -0.39 is 0 Å². The van der Waals surface area contributed by atoms with E-state index in [-0.39, 0.29) is 0 Å². The first-order chi connectivity index (χ1) is 9.79. The maximum absolute atomic E-state index is 4.58. The van der Waals surface area contributed by atoms with Crippen LogP contribution >= 0.6 is 11.3 Å². The lowest BCUT2D eigenvalue weighted by atomic mass is 9.92. The third-order valence-electron chi connectivity index (χ3n) is 3.90. The van der Waals surface area contributed by atoms with Crippen LogP contribution < -0.4 is 0 Å². The Bertz CT molecular complexity index is 538. The van der Waals surface area contributed by atoms with E-state index in [4.69, 9.17) is 0 Å². The van der Waals surface area contributed by atoms with E-state index in [9.17, 15) is 0 Å². The third-order valence-corrected chi connectivity index (χ3v) is 4.72. The molecule has 4 heteroatoms. The Morgan fingerprint density at radius 3 is 3.15 bits per heavy atom. The molecule has 0 N–H and O–H groups in total. The molecule has 3 heterocycles. The lowest BCUT2D eigenvalue weighted by Gasteiger charge is -2.32. The summed E-state index contributed by atoms with van der Waals surface area (Å²) in [6.07, 6.45) is 7.64. The van der Waals surface area contributed by atoms with E-state index >= 15 is 0 Å². The molecule has 1 aliphatic rings. The summed E-state index contributed by atoms with van der Waals surface area (Å²) < 4.78 is 0. The number of pyridine rings is 1. The first-order valence-corrected chi connectivity index (χ1v) is 8.20. The minimum atomic E-state index is 0.757. The lowest BCUT2D eigenvalue weighted by molar-refractivity contribution is 0.165. The van der Waals surface area contributed by atoms with E-state index in [1.54, 1.807) is 11.3 Å². The zero-order valence-electron chi connectivity index (χ0n) is 12.0. The molecular formula is C16H21N3S. The highest BCUT2D eigenvalue weighted by Gasteiger charge is 2.20. The van der Waals surface area contributed by atoms with Crippen molar-refractivity contribution in [2.45, 2.75) is 32.7 Å². The number of thiazole rings is 1. The molecule has 1 fully saturated rings.